The molecule has 0 fully saturated rings. The van der Waals surface area contributed by atoms with Crippen LogP contribution in [0.1, 0.15) is 142 Å². The largest absolute Gasteiger partial charge is 0.507 e. The summed E-state index contributed by atoms with van der Waals surface area (Å²) in [6.45, 7) is 11.5. The zero-order chi connectivity index (χ0) is 53.4. The summed E-state index contributed by atoms with van der Waals surface area (Å²) in [6.07, 6.45) is 1.67. The first-order valence-corrected chi connectivity index (χ1v) is 22.2. The van der Waals surface area contributed by atoms with Gasteiger partial charge in [0, 0.05) is 51.0 Å². The van der Waals surface area contributed by atoms with Crippen LogP contribution in [-0.4, -0.2) is 19.6 Å². The number of aromatic nitrogens is 3. The first kappa shape index (κ1) is 36.6. The maximum Gasteiger partial charge on any atom is 0.148 e. The number of nitrogens with zero attached hydrogens (tertiary/aromatic N) is 3. The Balaban J connectivity index is 0.00000800. The molecule has 336 valence electrons. The Morgan fingerprint density at radius 1 is 0.585 bits per heavy atom. The third-order valence-electron chi connectivity index (χ3n) is 12.2. The van der Waals surface area contributed by atoms with Gasteiger partial charge in [-0.25, -0.2) is 4.98 Å². The number of hydrogen-bond donors (Lipinski definition) is 1. The molecule has 1 N–H and O–H groups in total. The standard InChI is InChI=1S/C60H64N3O.Pt/c1-37(2)42-33-51(38(3)4)56(64)52(34-42)57-62-55-50(20-17-21-54(55)63(57)49-32-43(39-18-15-14-16-19-39)29-48(36-49)60(11,12)13)44-28-45(31-47(30-44)59(8,9)10)53-35-41(26-27-61-53)40-22-24-46(25-23-40)58(5,6)7;/h14-27,29-38,64H,1-13H3;/q-1;/i5D3,6D3,7D3;. The van der Waals surface area contributed by atoms with E-state index < -0.39 is 26.0 Å². The molecule has 2 heterocycles. The van der Waals surface area contributed by atoms with Crippen LogP contribution < -0.4 is 0 Å². The first-order chi connectivity index (χ1) is 33.9. The summed E-state index contributed by atoms with van der Waals surface area (Å²) in [6, 6.07) is 44.7. The smallest absolute Gasteiger partial charge is 0.148 e. The van der Waals surface area contributed by atoms with E-state index in [2.05, 4.69) is 147 Å². The Labute approximate surface area is 415 Å². The number of benzene rings is 6. The summed E-state index contributed by atoms with van der Waals surface area (Å²) in [5, 5.41) is 12.3. The molecule has 6 aromatic carbocycles. The Kier molecular flexibility index (Phi) is 10.1. The van der Waals surface area contributed by atoms with Crippen LogP contribution in [-0.2, 0) is 37.3 Å². The van der Waals surface area contributed by atoms with E-state index in [1.54, 1.807) is 24.4 Å². The van der Waals surface area contributed by atoms with Gasteiger partial charge in [-0.2, -0.15) is 0 Å². The van der Waals surface area contributed by atoms with E-state index in [4.69, 9.17) is 22.3 Å². The topological polar surface area (TPSA) is 50.9 Å². The zero-order valence-corrected chi connectivity index (χ0v) is 41.2. The maximum absolute atomic E-state index is 12.3. The van der Waals surface area contributed by atoms with Gasteiger partial charge in [-0.1, -0.05) is 186 Å². The van der Waals surface area contributed by atoms with E-state index in [1.165, 1.54) is 12.1 Å². The average Bonchev–Trinajstić information content (AvgIpc) is 3.69. The van der Waals surface area contributed by atoms with Crippen LogP contribution in [0.2, 0.25) is 0 Å². The fourth-order valence-electron chi connectivity index (χ4n) is 8.31. The minimum Gasteiger partial charge on any atom is -0.507 e. The second kappa shape index (κ2) is 18.0. The van der Waals surface area contributed by atoms with E-state index in [0.29, 0.717) is 33.8 Å². The first-order valence-electron chi connectivity index (χ1n) is 26.7. The SMILES string of the molecule is [2H]C([2H])([2H])C(c1ccc(-c2ccnc(-c3[c-]c(-c4cccc5c4nc(-c4cc(C(C)C)cc(C(C)C)c4O)n5-c4cc(-c5ccccc5)cc(C(C)(C)C)c4)cc(C(C)(C)C)c3)c2)cc1)(C([2H])([2H])[2H])C([2H])([2H])[2H].[Pt]. The van der Waals surface area contributed by atoms with E-state index in [9.17, 15) is 5.11 Å². The molecule has 65 heavy (non-hydrogen) atoms. The van der Waals surface area contributed by atoms with Crippen molar-refractivity contribution in [2.45, 2.75) is 118 Å². The van der Waals surface area contributed by atoms with Crippen LogP contribution >= 0.6 is 0 Å². The molecular formula is C60H64N3OPt-. The van der Waals surface area contributed by atoms with Crippen molar-refractivity contribution in [3.63, 3.8) is 0 Å². The summed E-state index contributed by atoms with van der Waals surface area (Å²) < 4.78 is 76.0. The molecule has 0 atom stereocenters. The fourth-order valence-corrected chi connectivity index (χ4v) is 8.31. The third kappa shape index (κ3) is 9.71. The molecule has 0 radical (unpaired) electrons. The second-order valence-corrected chi connectivity index (χ2v) is 19.8. The van der Waals surface area contributed by atoms with Gasteiger partial charge in [0.05, 0.1) is 16.6 Å². The van der Waals surface area contributed by atoms with Gasteiger partial charge in [-0.3, -0.25) is 9.55 Å². The fraction of sp³-hybridized carbons (Fsp3) is 0.300. The van der Waals surface area contributed by atoms with Crippen molar-refractivity contribution in [3.8, 4) is 67.5 Å². The molecule has 0 unspecified atom stereocenters. The monoisotopic (exact) mass is 1050 g/mol. The minimum absolute atomic E-state index is 0. The Morgan fingerprint density at radius 2 is 1.25 bits per heavy atom. The van der Waals surface area contributed by atoms with Crippen molar-refractivity contribution in [2.75, 3.05) is 0 Å². The quantitative estimate of drug-likeness (QED) is 0.154. The number of rotatable bonds is 8. The van der Waals surface area contributed by atoms with E-state index in [0.717, 1.165) is 61.2 Å². The van der Waals surface area contributed by atoms with Gasteiger partial charge in [0.2, 0.25) is 0 Å². The van der Waals surface area contributed by atoms with Crippen molar-refractivity contribution >= 4 is 11.0 Å². The molecule has 8 rings (SSSR count). The van der Waals surface area contributed by atoms with Gasteiger partial charge in [0.25, 0.3) is 0 Å². The average molecular weight is 1050 g/mol. The molecule has 5 heteroatoms. The number of fused-ring (bicyclic) bond motifs is 1. The van der Waals surface area contributed by atoms with Crippen LogP contribution in [0.3, 0.4) is 0 Å². The zero-order valence-electron chi connectivity index (χ0n) is 48.0. The summed E-state index contributed by atoms with van der Waals surface area (Å²) in [5.74, 6) is 1.03. The van der Waals surface area contributed by atoms with E-state index in [1.807, 2.05) is 30.3 Å². The molecule has 0 saturated heterocycles. The molecule has 2 aromatic heterocycles. The number of para-hydroxylation sites is 1. The molecule has 4 nitrogen and oxygen atoms in total. The normalized spacial score (nSPS) is 14.9. The van der Waals surface area contributed by atoms with Gasteiger partial charge in [0.15, 0.2) is 0 Å². The van der Waals surface area contributed by atoms with Crippen LogP contribution in [0, 0.1) is 6.07 Å². The number of imidazole rings is 1. The summed E-state index contributed by atoms with van der Waals surface area (Å²) >= 11 is 0. The molecule has 0 saturated carbocycles. The number of pyridine rings is 1. The van der Waals surface area contributed by atoms with Crippen LogP contribution in [0.5, 0.6) is 5.75 Å². The van der Waals surface area contributed by atoms with Crippen molar-refractivity contribution in [1.29, 1.82) is 0 Å². The predicted molar refractivity (Wildman–Crippen MR) is 271 cm³/mol. The minimum atomic E-state index is -3.37. The van der Waals surface area contributed by atoms with Gasteiger partial charge in [-0.05, 0) is 103 Å². The van der Waals surface area contributed by atoms with Gasteiger partial charge in [0.1, 0.15) is 11.6 Å². The predicted octanol–water partition coefficient (Wildman–Crippen LogP) is 16.4. The Hall–Kier alpha value is -5.57. The second-order valence-electron chi connectivity index (χ2n) is 19.8. The number of phenols is 1. The van der Waals surface area contributed by atoms with Crippen LogP contribution in [0.25, 0.3) is 72.7 Å². The van der Waals surface area contributed by atoms with Crippen molar-refractivity contribution in [1.82, 2.24) is 14.5 Å². The molecule has 0 bridgehead atoms. The number of hydrogen-bond acceptors (Lipinski definition) is 3. The van der Waals surface area contributed by atoms with E-state index in [-0.39, 0.29) is 55.0 Å². The molecule has 0 aliphatic rings. The van der Waals surface area contributed by atoms with Gasteiger partial charge >= 0.3 is 0 Å². The van der Waals surface area contributed by atoms with Crippen molar-refractivity contribution in [3.05, 3.63) is 167 Å². The summed E-state index contributed by atoms with van der Waals surface area (Å²) in [5.41, 5.74) is 9.65. The van der Waals surface area contributed by atoms with Crippen molar-refractivity contribution in [2.24, 2.45) is 0 Å². The molecule has 0 amide bonds. The molecule has 8 aromatic rings. The number of phenolic OH excluding ortho intramolecular Hbond substituents is 1. The van der Waals surface area contributed by atoms with Gasteiger partial charge < -0.3 is 5.11 Å². The van der Waals surface area contributed by atoms with Crippen LogP contribution in [0.4, 0.5) is 0 Å². The molecular weight excluding hydrogens is 974 g/mol. The van der Waals surface area contributed by atoms with Gasteiger partial charge in [-0.15, -0.1) is 29.3 Å². The molecule has 0 spiro atoms. The van der Waals surface area contributed by atoms with Crippen molar-refractivity contribution < 1.29 is 38.5 Å². The molecule has 0 aliphatic carbocycles. The third-order valence-corrected chi connectivity index (χ3v) is 12.2. The Morgan fingerprint density at radius 3 is 1.89 bits per heavy atom. The summed E-state index contributed by atoms with van der Waals surface area (Å²) in [7, 11) is 0. The summed E-state index contributed by atoms with van der Waals surface area (Å²) in [4.78, 5) is 10.4. The van der Waals surface area contributed by atoms with E-state index >= 15 is 0 Å². The Bertz CT molecular complexity index is 3300. The van der Waals surface area contributed by atoms with Crippen LogP contribution in [0.15, 0.2) is 134 Å². The number of aromatic hydroxyl groups is 1. The molecule has 0 aliphatic heterocycles. The maximum atomic E-state index is 12.3.